The number of aliphatic hydroxyl groups is 3. The van der Waals surface area contributed by atoms with Gasteiger partial charge in [-0.15, -0.1) is 0 Å². The Balaban J connectivity index is 1.94. The molecule has 4 atom stereocenters. The molecule has 2 rings (SSSR count). The van der Waals surface area contributed by atoms with Crippen LogP contribution in [-0.2, 0) is 11.3 Å². The maximum Gasteiger partial charge on any atom is 0.112 e. The lowest BCUT2D eigenvalue weighted by Gasteiger charge is -2.30. The third-order valence-electron chi connectivity index (χ3n) is 2.82. The molecule has 0 unspecified atom stereocenters. The van der Waals surface area contributed by atoms with Crippen molar-refractivity contribution >= 4 is 0 Å². The van der Waals surface area contributed by atoms with E-state index in [0.29, 0.717) is 6.61 Å². The van der Waals surface area contributed by atoms with Crippen LogP contribution in [0, 0.1) is 0 Å². The number of hydrogen-bond donors (Lipinski definition) is 3. The highest BCUT2D eigenvalue weighted by Crippen LogP contribution is 2.17. The molecule has 0 heterocycles. The first-order chi connectivity index (χ1) is 8.18. The maximum atomic E-state index is 9.70. The summed E-state index contributed by atoms with van der Waals surface area (Å²) in [4.78, 5) is 0. The molecular formula is C13H16O4. The molecule has 0 saturated carbocycles. The van der Waals surface area contributed by atoms with E-state index in [1.54, 1.807) is 6.08 Å². The zero-order valence-corrected chi connectivity index (χ0v) is 9.31. The fourth-order valence-electron chi connectivity index (χ4n) is 1.77. The summed E-state index contributed by atoms with van der Waals surface area (Å²) in [5.74, 6) is 0. The van der Waals surface area contributed by atoms with Crippen LogP contribution in [0.3, 0.4) is 0 Å². The van der Waals surface area contributed by atoms with E-state index in [4.69, 9.17) is 4.74 Å². The zero-order valence-electron chi connectivity index (χ0n) is 9.31. The number of aliphatic hydroxyl groups excluding tert-OH is 3. The van der Waals surface area contributed by atoms with Crippen LogP contribution in [0.1, 0.15) is 5.56 Å². The smallest absolute Gasteiger partial charge is 0.112 e. The molecular weight excluding hydrogens is 220 g/mol. The minimum atomic E-state index is -1.19. The summed E-state index contributed by atoms with van der Waals surface area (Å²) in [6, 6.07) is 9.57. The topological polar surface area (TPSA) is 69.9 Å². The Morgan fingerprint density at radius 1 is 0.941 bits per heavy atom. The van der Waals surface area contributed by atoms with Crippen molar-refractivity contribution in [3.63, 3.8) is 0 Å². The number of rotatable bonds is 3. The van der Waals surface area contributed by atoms with Crippen molar-refractivity contribution in [3.8, 4) is 0 Å². The molecule has 0 aromatic heterocycles. The maximum absolute atomic E-state index is 9.70. The predicted molar refractivity (Wildman–Crippen MR) is 62.2 cm³/mol. The van der Waals surface area contributed by atoms with Crippen LogP contribution in [0.25, 0.3) is 0 Å². The van der Waals surface area contributed by atoms with Crippen molar-refractivity contribution in [2.45, 2.75) is 31.0 Å². The summed E-state index contributed by atoms with van der Waals surface area (Å²) in [6.45, 7) is 0.357. The first-order valence-electron chi connectivity index (χ1n) is 5.56. The van der Waals surface area contributed by atoms with Gasteiger partial charge in [0.05, 0.1) is 6.61 Å². The first-order valence-corrected chi connectivity index (χ1v) is 5.56. The second-order valence-electron chi connectivity index (χ2n) is 4.12. The molecule has 0 amide bonds. The van der Waals surface area contributed by atoms with Crippen LogP contribution in [-0.4, -0.2) is 39.7 Å². The lowest BCUT2D eigenvalue weighted by atomic mass is 9.96. The number of ether oxygens (including phenoxy) is 1. The highest BCUT2D eigenvalue weighted by molar-refractivity contribution is 5.14. The molecule has 0 saturated heterocycles. The third-order valence-corrected chi connectivity index (χ3v) is 2.82. The quantitative estimate of drug-likeness (QED) is 0.657. The van der Waals surface area contributed by atoms with E-state index >= 15 is 0 Å². The van der Waals surface area contributed by atoms with Crippen LogP contribution in [0.5, 0.6) is 0 Å². The van der Waals surface area contributed by atoms with E-state index in [-0.39, 0.29) is 0 Å². The highest BCUT2D eigenvalue weighted by atomic mass is 16.5. The van der Waals surface area contributed by atoms with Crippen LogP contribution in [0.2, 0.25) is 0 Å². The molecule has 0 fully saturated rings. The van der Waals surface area contributed by atoms with Crippen molar-refractivity contribution < 1.29 is 20.1 Å². The van der Waals surface area contributed by atoms with Gasteiger partial charge in [0.1, 0.15) is 24.4 Å². The van der Waals surface area contributed by atoms with E-state index in [0.717, 1.165) is 5.56 Å². The van der Waals surface area contributed by atoms with Gasteiger partial charge in [-0.05, 0) is 5.56 Å². The van der Waals surface area contributed by atoms with Crippen LogP contribution >= 0.6 is 0 Å². The molecule has 1 aromatic carbocycles. The minimum absolute atomic E-state index is 0.357. The highest BCUT2D eigenvalue weighted by Gasteiger charge is 2.33. The molecule has 0 spiro atoms. The van der Waals surface area contributed by atoms with Gasteiger partial charge in [-0.1, -0.05) is 42.5 Å². The summed E-state index contributed by atoms with van der Waals surface area (Å²) < 4.78 is 5.49. The van der Waals surface area contributed by atoms with Crippen LogP contribution < -0.4 is 0 Å². The number of hydrogen-bond acceptors (Lipinski definition) is 4. The fourth-order valence-corrected chi connectivity index (χ4v) is 1.77. The Kier molecular flexibility index (Phi) is 3.91. The molecule has 1 aliphatic rings. The Morgan fingerprint density at radius 3 is 2.35 bits per heavy atom. The van der Waals surface area contributed by atoms with Gasteiger partial charge in [-0.25, -0.2) is 0 Å². The summed E-state index contributed by atoms with van der Waals surface area (Å²) in [7, 11) is 0. The van der Waals surface area contributed by atoms with Gasteiger partial charge in [0.25, 0.3) is 0 Å². The van der Waals surface area contributed by atoms with Crippen molar-refractivity contribution in [1.82, 2.24) is 0 Å². The van der Waals surface area contributed by atoms with Crippen molar-refractivity contribution in [2.24, 2.45) is 0 Å². The molecule has 1 aliphatic carbocycles. The molecule has 0 radical (unpaired) electrons. The van der Waals surface area contributed by atoms with Crippen LogP contribution in [0.4, 0.5) is 0 Å². The molecule has 4 nitrogen and oxygen atoms in total. The Morgan fingerprint density at radius 2 is 1.65 bits per heavy atom. The van der Waals surface area contributed by atoms with Crippen molar-refractivity contribution in [2.75, 3.05) is 0 Å². The second-order valence-corrected chi connectivity index (χ2v) is 4.12. The van der Waals surface area contributed by atoms with E-state index in [1.807, 2.05) is 30.3 Å². The molecule has 17 heavy (non-hydrogen) atoms. The summed E-state index contributed by atoms with van der Waals surface area (Å²) >= 11 is 0. The molecule has 92 valence electrons. The third kappa shape index (κ3) is 2.92. The Hall–Kier alpha value is -1.20. The van der Waals surface area contributed by atoms with Crippen molar-refractivity contribution in [3.05, 3.63) is 48.0 Å². The largest absolute Gasteiger partial charge is 0.387 e. The van der Waals surface area contributed by atoms with Gasteiger partial charge < -0.3 is 20.1 Å². The lowest BCUT2D eigenvalue weighted by molar-refractivity contribution is -0.111. The summed E-state index contributed by atoms with van der Waals surface area (Å²) in [5.41, 5.74) is 0.994. The Bertz CT molecular complexity index is 376. The van der Waals surface area contributed by atoms with E-state index in [2.05, 4.69) is 0 Å². The molecule has 1 aromatic rings. The molecule has 0 aliphatic heterocycles. The average Bonchev–Trinajstić information content (AvgIpc) is 2.36. The predicted octanol–water partition coefficient (Wildman–Crippen LogP) is 0.224. The number of benzene rings is 1. The monoisotopic (exact) mass is 236 g/mol. The zero-order chi connectivity index (χ0) is 12.3. The molecule has 3 N–H and O–H groups in total. The van der Waals surface area contributed by atoms with E-state index in [1.165, 1.54) is 6.08 Å². The standard InChI is InChI=1S/C13H16O4/c14-10-6-7-11(13(16)12(10)15)17-8-9-4-2-1-3-5-9/h1-7,10-16H,8H2/t10-,11+,12-,13-/m0/s1. The normalized spacial score (nSPS) is 32.6. The summed E-state index contributed by atoms with van der Waals surface area (Å²) in [5, 5.41) is 28.5. The second kappa shape index (κ2) is 5.42. The van der Waals surface area contributed by atoms with E-state index in [9.17, 15) is 15.3 Å². The van der Waals surface area contributed by atoms with Gasteiger partial charge in [-0.3, -0.25) is 0 Å². The van der Waals surface area contributed by atoms with Gasteiger partial charge in [0.2, 0.25) is 0 Å². The first kappa shape index (κ1) is 12.3. The Labute approximate surface area is 99.8 Å². The molecule has 4 heteroatoms. The fraction of sp³-hybridized carbons (Fsp3) is 0.385. The van der Waals surface area contributed by atoms with E-state index < -0.39 is 24.4 Å². The van der Waals surface area contributed by atoms with Gasteiger partial charge in [0.15, 0.2) is 0 Å². The lowest BCUT2D eigenvalue weighted by Crippen LogP contribution is -2.47. The van der Waals surface area contributed by atoms with Gasteiger partial charge in [-0.2, -0.15) is 0 Å². The summed E-state index contributed by atoms with van der Waals surface area (Å²) in [6.07, 6.45) is -0.896. The molecule has 0 bridgehead atoms. The average molecular weight is 236 g/mol. The van der Waals surface area contributed by atoms with Gasteiger partial charge >= 0.3 is 0 Å². The van der Waals surface area contributed by atoms with Gasteiger partial charge in [0, 0.05) is 0 Å². The SMILES string of the molecule is O[C@@H]1[C@@H](O)[C@H](OCc2ccccc2)C=C[C@@H]1O. The van der Waals surface area contributed by atoms with Crippen LogP contribution in [0.15, 0.2) is 42.5 Å². The minimum Gasteiger partial charge on any atom is -0.387 e. The van der Waals surface area contributed by atoms with Crippen molar-refractivity contribution in [1.29, 1.82) is 0 Å².